The van der Waals surface area contributed by atoms with Gasteiger partial charge in [-0.2, -0.15) is 8.78 Å². The van der Waals surface area contributed by atoms with Crippen LogP contribution in [-0.4, -0.2) is 70.3 Å². The van der Waals surface area contributed by atoms with Crippen LogP contribution in [0.4, 0.5) is 14.5 Å². The molecule has 8 heteroatoms. The summed E-state index contributed by atoms with van der Waals surface area (Å²) in [5, 5.41) is 6.73. The number of ether oxygens (including phenoxy) is 1. The molecule has 0 saturated carbocycles. The number of alkyl halides is 2. The molecular weight excluding hydrogens is 352 g/mol. The summed E-state index contributed by atoms with van der Waals surface area (Å²) in [5.74, 6) is 1.03. The number of aliphatic imine (C=N–C) groups is 1. The van der Waals surface area contributed by atoms with Gasteiger partial charge in [0.1, 0.15) is 5.75 Å². The second kappa shape index (κ2) is 10.9. The van der Waals surface area contributed by atoms with Gasteiger partial charge >= 0.3 is 6.61 Å². The summed E-state index contributed by atoms with van der Waals surface area (Å²) < 4.78 is 29.9. The standard InChI is InChI=1S/C19H31F2N5O/c1-4-22-19(23-11-7-12-25(2)3)24-15-10-13-26(14-15)16-8-5-6-9-17(16)27-18(20)21/h5-6,8-9,15,18H,4,7,10-14H2,1-3H3,(H2,22,23,24). The number of halogens is 2. The molecule has 0 aliphatic carbocycles. The molecule has 1 aromatic rings. The molecule has 1 heterocycles. The molecule has 27 heavy (non-hydrogen) atoms. The molecule has 0 radical (unpaired) electrons. The fourth-order valence-corrected chi connectivity index (χ4v) is 3.10. The number of nitrogens with one attached hydrogen (secondary N) is 2. The van der Waals surface area contributed by atoms with Gasteiger partial charge in [0.2, 0.25) is 0 Å². The molecule has 0 bridgehead atoms. The zero-order valence-electron chi connectivity index (χ0n) is 16.4. The van der Waals surface area contributed by atoms with Gasteiger partial charge in [0, 0.05) is 32.2 Å². The lowest BCUT2D eigenvalue weighted by Crippen LogP contribution is -2.44. The highest BCUT2D eigenvalue weighted by Gasteiger charge is 2.26. The van der Waals surface area contributed by atoms with Crippen LogP contribution in [0.3, 0.4) is 0 Å². The van der Waals surface area contributed by atoms with E-state index in [2.05, 4.69) is 44.3 Å². The Hall–Kier alpha value is -2.09. The summed E-state index contributed by atoms with van der Waals surface area (Å²) in [6, 6.07) is 7.15. The molecular formula is C19H31F2N5O. The van der Waals surface area contributed by atoms with Crippen molar-refractivity contribution in [1.82, 2.24) is 15.5 Å². The smallest absolute Gasteiger partial charge is 0.387 e. The van der Waals surface area contributed by atoms with E-state index in [0.717, 1.165) is 45.0 Å². The summed E-state index contributed by atoms with van der Waals surface area (Å²) in [6.07, 6.45) is 1.91. The monoisotopic (exact) mass is 383 g/mol. The molecule has 2 N–H and O–H groups in total. The first-order valence-corrected chi connectivity index (χ1v) is 9.48. The number of benzene rings is 1. The van der Waals surface area contributed by atoms with Crippen molar-refractivity contribution in [2.45, 2.75) is 32.4 Å². The third kappa shape index (κ3) is 7.21. The van der Waals surface area contributed by atoms with Crippen LogP contribution in [0, 0.1) is 0 Å². The van der Waals surface area contributed by atoms with Crippen molar-refractivity contribution in [3.05, 3.63) is 24.3 Å². The SMILES string of the molecule is CCNC(=NCCCN(C)C)NC1CCN(c2ccccc2OC(F)F)C1. The van der Waals surface area contributed by atoms with Gasteiger partial charge in [-0.05, 0) is 52.5 Å². The fraction of sp³-hybridized carbons (Fsp3) is 0.632. The van der Waals surface area contributed by atoms with Crippen LogP contribution in [0.5, 0.6) is 5.75 Å². The Kier molecular flexibility index (Phi) is 8.57. The van der Waals surface area contributed by atoms with E-state index in [9.17, 15) is 8.78 Å². The maximum absolute atomic E-state index is 12.6. The second-order valence-electron chi connectivity index (χ2n) is 6.84. The molecule has 1 saturated heterocycles. The van der Waals surface area contributed by atoms with E-state index in [4.69, 9.17) is 0 Å². The summed E-state index contributed by atoms with van der Waals surface area (Å²) in [5.41, 5.74) is 0.704. The Balaban J connectivity index is 1.93. The van der Waals surface area contributed by atoms with Crippen molar-refractivity contribution in [2.75, 3.05) is 51.7 Å². The minimum atomic E-state index is -2.82. The normalized spacial score (nSPS) is 17.7. The molecule has 1 aromatic carbocycles. The number of anilines is 1. The van der Waals surface area contributed by atoms with E-state index >= 15 is 0 Å². The van der Waals surface area contributed by atoms with Crippen molar-refractivity contribution in [3.63, 3.8) is 0 Å². The van der Waals surface area contributed by atoms with Gasteiger partial charge in [-0.3, -0.25) is 4.99 Å². The number of para-hydroxylation sites is 2. The van der Waals surface area contributed by atoms with Crippen LogP contribution < -0.4 is 20.3 Å². The number of hydrogen-bond acceptors (Lipinski definition) is 4. The Labute approximate surface area is 160 Å². The van der Waals surface area contributed by atoms with Gasteiger partial charge in [-0.15, -0.1) is 0 Å². The van der Waals surface area contributed by atoms with E-state index < -0.39 is 6.61 Å². The zero-order chi connectivity index (χ0) is 19.6. The molecule has 6 nitrogen and oxygen atoms in total. The summed E-state index contributed by atoms with van der Waals surface area (Å²) in [4.78, 5) is 8.85. The Morgan fingerprint density at radius 3 is 2.85 bits per heavy atom. The van der Waals surface area contributed by atoms with Crippen molar-refractivity contribution < 1.29 is 13.5 Å². The molecule has 1 atom stereocenters. The van der Waals surface area contributed by atoms with E-state index in [1.165, 1.54) is 0 Å². The highest BCUT2D eigenvalue weighted by Crippen LogP contribution is 2.31. The van der Waals surface area contributed by atoms with Crippen molar-refractivity contribution in [3.8, 4) is 5.75 Å². The lowest BCUT2D eigenvalue weighted by molar-refractivity contribution is -0.0495. The maximum atomic E-state index is 12.6. The van der Waals surface area contributed by atoms with E-state index in [1.54, 1.807) is 12.1 Å². The molecule has 1 fully saturated rings. The number of rotatable bonds is 9. The fourth-order valence-electron chi connectivity index (χ4n) is 3.10. The van der Waals surface area contributed by atoms with E-state index in [0.29, 0.717) is 12.2 Å². The van der Waals surface area contributed by atoms with Gasteiger partial charge in [0.25, 0.3) is 0 Å². The third-order valence-corrected chi connectivity index (χ3v) is 4.33. The predicted octanol–water partition coefficient (Wildman–Crippen LogP) is 2.37. The minimum Gasteiger partial charge on any atom is -0.433 e. The first kappa shape index (κ1) is 21.2. The lowest BCUT2D eigenvalue weighted by atomic mass is 10.2. The predicted molar refractivity (Wildman–Crippen MR) is 106 cm³/mol. The molecule has 1 aliphatic rings. The van der Waals surface area contributed by atoms with Crippen LogP contribution in [0.1, 0.15) is 19.8 Å². The van der Waals surface area contributed by atoms with Crippen LogP contribution in [0.25, 0.3) is 0 Å². The summed E-state index contributed by atoms with van der Waals surface area (Å²) in [6.45, 7) is 3.26. The summed E-state index contributed by atoms with van der Waals surface area (Å²) in [7, 11) is 4.10. The average molecular weight is 383 g/mol. The minimum absolute atomic E-state index is 0.205. The Morgan fingerprint density at radius 2 is 2.15 bits per heavy atom. The quantitative estimate of drug-likeness (QED) is 0.390. The Morgan fingerprint density at radius 1 is 1.37 bits per heavy atom. The number of nitrogens with zero attached hydrogens (tertiary/aromatic N) is 3. The van der Waals surface area contributed by atoms with E-state index in [1.807, 2.05) is 19.1 Å². The van der Waals surface area contributed by atoms with Crippen molar-refractivity contribution in [1.29, 1.82) is 0 Å². The zero-order valence-corrected chi connectivity index (χ0v) is 16.4. The van der Waals surface area contributed by atoms with Crippen molar-refractivity contribution in [2.24, 2.45) is 4.99 Å². The molecule has 1 unspecified atom stereocenters. The van der Waals surface area contributed by atoms with Gasteiger partial charge in [0.15, 0.2) is 5.96 Å². The van der Waals surface area contributed by atoms with Gasteiger partial charge in [-0.1, -0.05) is 12.1 Å². The molecule has 0 amide bonds. The maximum Gasteiger partial charge on any atom is 0.387 e. The first-order chi connectivity index (χ1) is 13.0. The highest BCUT2D eigenvalue weighted by atomic mass is 19.3. The van der Waals surface area contributed by atoms with Crippen LogP contribution in [-0.2, 0) is 0 Å². The van der Waals surface area contributed by atoms with Crippen LogP contribution in [0.2, 0.25) is 0 Å². The third-order valence-electron chi connectivity index (χ3n) is 4.33. The van der Waals surface area contributed by atoms with Gasteiger partial charge in [-0.25, -0.2) is 0 Å². The number of hydrogen-bond donors (Lipinski definition) is 2. The van der Waals surface area contributed by atoms with Crippen LogP contribution >= 0.6 is 0 Å². The van der Waals surface area contributed by atoms with Crippen molar-refractivity contribution >= 4 is 11.6 Å². The highest BCUT2D eigenvalue weighted by molar-refractivity contribution is 5.80. The van der Waals surface area contributed by atoms with Gasteiger partial charge in [0.05, 0.1) is 5.69 Å². The first-order valence-electron chi connectivity index (χ1n) is 9.48. The molecule has 0 aromatic heterocycles. The average Bonchev–Trinajstić information content (AvgIpc) is 3.07. The van der Waals surface area contributed by atoms with Gasteiger partial charge < -0.3 is 25.2 Å². The molecule has 1 aliphatic heterocycles. The van der Waals surface area contributed by atoms with E-state index in [-0.39, 0.29) is 11.8 Å². The topological polar surface area (TPSA) is 52.1 Å². The molecule has 2 rings (SSSR count). The molecule has 0 spiro atoms. The summed E-state index contributed by atoms with van der Waals surface area (Å²) >= 11 is 0. The second-order valence-corrected chi connectivity index (χ2v) is 6.84. The van der Waals surface area contributed by atoms with Crippen LogP contribution in [0.15, 0.2) is 29.3 Å². The lowest BCUT2D eigenvalue weighted by Gasteiger charge is -2.22. The Bertz CT molecular complexity index is 597. The number of guanidine groups is 1. The molecule has 152 valence electrons. The largest absolute Gasteiger partial charge is 0.433 e.